The third-order valence-electron chi connectivity index (χ3n) is 3.48. The van der Waals surface area contributed by atoms with E-state index in [0.717, 1.165) is 22.9 Å². The zero-order valence-corrected chi connectivity index (χ0v) is 13.7. The van der Waals surface area contributed by atoms with Gasteiger partial charge in [0.15, 0.2) is 0 Å². The van der Waals surface area contributed by atoms with Crippen molar-refractivity contribution in [3.63, 3.8) is 0 Å². The van der Waals surface area contributed by atoms with E-state index in [4.69, 9.17) is 12.2 Å². The van der Waals surface area contributed by atoms with Crippen molar-refractivity contribution in [2.75, 3.05) is 5.75 Å². The number of rotatable bonds is 5. The number of nitrogens with zero attached hydrogens (tertiary/aromatic N) is 1. The van der Waals surface area contributed by atoms with Crippen LogP contribution in [0.2, 0.25) is 0 Å². The molecule has 2 nitrogen and oxygen atoms in total. The van der Waals surface area contributed by atoms with Crippen molar-refractivity contribution < 1.29 is 4.79 Å². The van der Waals surface area contributed by atoms with Crippen LogP contribution in [0.3, 0.4) is 0 Å². The molecule has 0 unspecified atom stereocenters. The van der Waals surface area contributed by atoms with Crippen LogP contribution in [0.5, 0.6) is 0 Å². The Bertz CT molecular complexity index is 473. The molecule has 1 atom stereocenters. The maximum atomic E-state index is 12.4. The summed E-state index contributed by atoms with van der Waals surface area (Å²) in [6, 6.07) is 10.5. The minimum Gasteiger partial charge on any atom is -0.293 e. The van der Waals surface area contributed by atoms with Gasteiger partial charge in [0.1, 0.15) is 4.32 Å². The summed E-state index contributed by atoms with van der Waals surface area (Å²) in [5.41, 5.74) is 1.27. The molecule has 1 fully saturated rings. The van der Waals surface area contributed by atoms with Crippen LogP contribution < -0.4 is 0 Å². The quantitative estimate of drug-likeness (QED) is 0.770. The SMILES string of the molecule is CC(C)CCC(=O)N1C(=S)SC[C@@H]1Cc1ccccc1. The molecule has 0 aromatic heterocycles. The number of carbonyl (C=O) groups is 1. The van der Waals surface area contributed by atoms with E-state index in [0.29, 0.717) is 12.3 Å². The van der Waals surface area contributed by atoms with Gasteiger partial charge in [-0.25, -0.2) is 0 Å². The zero-order valence-electron chi connectivity index (χ0n) is 12.0. The second-order valence-corrected chi connectivity index (χ2v) is 7.27. The predicted molar refractivity (Wildman–Crippen MR) is 89.9 cm³/mol. The molecule has 4 heteroatoms. The number of carbonyl (C=O) groups excluding carboxylic acids is 1. The van der Waals surface area contributed by atoms with Crippen molar-refractivity contribution in [2.45, 2.75) is 39.2 Å². The Morgan fingerprint density at radius 2 is 2.10 bits per heavy atom. The molecule has 0 spiro atoms. The first-order chi connectivity index (χ1) is 9.58. The van der Waals surface area contributed by atoms with Crippen LogP contribution in [0.1, 0.15) is 32.3 Å². The Balaban J connectivity index is 2.01. The van der Waals surface area contributed by atoms with Gasteiger partial charge in [-0.1, -0.05) is 68.2 Å². The molecule has 1 heterocycles. The van der Waals surface area contributed by atoms with Crippen LogP contribution in [-0.2, 0) is 11.2 Å². The fourth-order valence-electron chi connectivity index (χ4n) is 2.34. The number of hydrogen-bond donors (Lipinski definition) is 0. The standard InChI is InChI=1S/C16H21NOS2/c1-12(2)8-9-15(18)17-14(11-20-16(17)19)10-13-6-4-3-5-7-13/h3-7,12,14H,8-11H2,1-2H3/t14-/m0/s1. The summed E-state index contributed by atoms with van der Waals surface area (Å²) in [7, 11) is 0. The van der Waals surface area contributed by atoms with E-state index in [1.807, 2.05) is 23.1 Å². The van der Waals surface area contributed by atoms with Gasteiger partial charge >= 0.3 is 0 Å². The second kappa shape index (κ2) is 7.23. The monoisotopic (exact) mass is 307 g/mol. The van der Waals surface area contributed by atoms with Crippen molar-refractivity contribution in [1.29, 1.82) is 0 Å². The van der Waals surface area contributed by atoms with Crippen molar-refractivity contribution in [2.24, 2.45) is 5.92 Å². The fourth-order valence-corrected chi connectivity index (χ4v) is 3.78. The normalized spacial score (nSPS) is 18.9. The molecule has 0 radical (unpaired) electrons. The third kappa shape index (κ3) is 4.06. The third-order valence-corrected chi connectivity index (χ3v) is 5.02. The van der Waals surface area contributed by atoms with Gasteiger partial charge in [0, 0.05) is 12.2 Å². The highest BCUT2D eigenvalue weighted by molar-refractivity contribution is 8.23. The average molecular weight is 307 g/mol. The molecule has 2 rings (SSSR count). The first kappa shape index (κ1) is 15.5. The van der Waals surface area contributed by atoms with E-state index in [2.05, 4.69) is 26.0 Å². The van der Waals surface area contributed by atoms with E-state index < -0.39 is 0 Å². The molecule has 108 valence electrons. The summed E-state index contributed by atoms with van der Waals surface area (Å²) in [4.78, 5) is 14.2. The van der Waals surface area contributed by atoms with Crippen LogP contribution in [0.15, 0.2) is 30.3 Å². The number of amides is 1. The van der Waals surface area contributed by atoms with Gasteiger partial charge in [-0.2, -0.15) is 0 Å². The Labute approximate surface area is 130 Å². The summed E-state index contributed by atoms with van der Waals surface area (Å²) >= 11 is 6.99. The van der Waals surface area contributed by atoms with Crippen molar-refractivity contribution in [1.82, 2.24) is 4.90 Å². The van der Waals surface area contributed by atoms with E-state index in [-0.39, 0.29) is 11.9 Å². The van der Waals surface area contributed by atoms with E-state index in [1.165, 1.54) is 5.56 Å². The van der Waals surface area contributed by atoms with E-state index >= 15 is 0 Å². The molecule has 0 bridgehead atoms. The number of thiocarbonyl (C=S) groups is 1. The smallest absolute Gasteiger partial charge is 0.228 e. The lowest BCUT2D eigenvalue weighted by molar-refractivity contribution is -0.128. The molecule has 1 amide bonds. The Morgan fingerprint density at radius 3 is 2.75 bits per heavy atom. The summed E-state index contributed by atoms with van der Waals surface area (Å²) in [6.45, 7) is 4.29. The van der Waals surface area contributed by atoms with Gasteiger partial charge in [-0.05, 0) is 24.3 Å². The summed E-state index contributed by atoms with van der Waals surface area (Å²) in [5.74, 6) is 1.66. The highest BCUT2D eigenvalue weighted by atomic mass is 32.2. The van der Waals surface area contributed by atoms with Gasteiger partial charge in [0.05, 0.1) is 6.04 Å². The van der Waals surface area contributed by atoms with Crippen LogP contribution in [0.25, 0.3) is 0 Å². The zero-order chi connectivity index (χ0) is 14.5. The van der Waals surface area contributed by atoms with Gasteiger partial charge in [0.2, 0.25) is 5.91 Å². The van der Waals surface area contributed by atoms with Crippen LogP contribution >= 0.6 is 24.0 Å². The Kier molecular flexibility index (Phi) is 5.61. The van der Waals surface area contributed by atoms with Gasteiger partial charge in [-0.3, -0.25) is 9.69 Å². The first-order valence-electron chi connectivity index (χ1n) is 7.10. The molecule has 1 saturated heterocycles. The average Bonchev–Trinajstić information content (AvgIpc) is 2.78. The maximum absolute atomic E-state index is 12.4. The van der Waals surface area contributed by atoms with Crippen molar-refractivity contribution >= 4 is 34.2 Å². The minimum atomic E-state index is 0.189. The van der Waals surface area contributed by atoms with Crippen LogP contribution in [0, 0.1) is 5.92 Å². The minimum absolute atomic E-state index is 0.189. The first-order valence-corrected chi connectivity index (χ1v) is 8.50. The molecule has 0 aliphatic carbocycles. The number of hydrogen-bond acceptors (Lipinski definition) is 3. The molecule has 1 aromatic rings. The molecule has 1 aliphatic heterocycles. The second-order valence-electron chi connectivity index (χ2n) is 5.62. The Morgan fingerprint density at radius 1 is 1.40 bits per heavy atom. The highest BCUT2D eigenvalue weighted by Gasteiger charge is 2.33. The number of benzene rings is 1. The molecular weight excluding hydrogens is 286 g/mol. The topological polar surface area (TPSA) is 20.3 Å². The molecule has 20 heavy (non-hydrogen) atoms. The van der Waals surface area contributed by atoms with E-state index in [1.54, 1.807) is 11.8 Å². The molecule has 1 aliphatic rings. The summed E-state index contributed by atoms with van der Waals surface area (Å²) < 4.78 is 0.750. The fraction of sp³-hybridized carbons (Fsp3) is 0.500. The lowest BCUT2D eigenvalue weighted by Crippen LogP contribution is -2.39. The van der Waals surface area contributed by atoms with Gasteiger partial charge < -0.3 is 0 Å². The molecule has 1 aromatic carbocycles. The van der Waals surface area contributed by atoms with Gasteiger partial charge in [0.25, 0.3) is 0 Å². The highest BCUT2D eigenvalue weighted by Crippen LogP contribution is 2.28. The molecule has 0 N–H and O–H groups in total. The lowest BCUT2D eigenvalue weighted by Gasteiger charge is -2.24. The number of thioether (sulfide) groups is 1. The molecular formula is C16H21NOS2. The van der Waals surface area contributed by atoms with Crippen LogP contribution in [0.4, 0.5) is 0 Å². The maximum Gasteiger partial charge on any atom is 0.228 e. The Hall–Kier alpha value is -0.870. The predicted octanol–water partition coefficient (Wildman–Crippen LogP) is 3.89. The van der Waals surface area contributed by atoms with Crippen molar-refractivity contribution in [3.8, 4) is 0 Å². The van der Waals surface area contributed by atoms with Gasteiger partial charge in [-0.15, -0.1) is 0 Å². The summed E-state index contributed by atoms with van der Waals surface area (Å²) in [6.07, 6.45) is 2.42. The summed E-state index contributed by atoms with van der Waals surface area (Å²) in [5, 5.41) is 0. The molecule has 0 saturated carbocycles. The van der Waals surface area contributed by atoms with Crippen molar-refractivity contribution in [3.05, 3.63) is 35.9 Å². The van der Waals surface area contributed by atoms with Crippen LogP contribution in [-0.4, -0.2) is 26.9 Å². The largest absolute Gasteiger partial charge is 0.293 e. The lowest BCUT2D eigenvalue weighted by atomic mass is 10.0. The van der Waals surface area contributed by atoms with E-state index in [9.17, 15) is 4.79 Å².